The fraction of sp³-hybridized carbons (Fsp3) is 0.273. The van der Waals surface area contributed by atoms with Gasteiger partial charge in [0.05, 0.1) is 11.7 Å². The summed E-state index contributed by atoms with van der Waals surface area (Å²) in [7, 11) is 0. The van der Waals surface area contributed by atoms with Gasteiger partial charge in [-0.15, -0.1) is 0 Å². The molecule has 0 spiro atoms. The van der Waals surface area contributed by atoms with Gasteiger partial charge in [0, 0.05) is 18.5 Å². The highest BCUT2D eigenvalue weighted by Gasteiger charge is 2.21. The summed E-state index contributed by atoms with van der Waals surface area (Å²) in [4.78, 5) is 11.2. The summed E-state index contributed by atoms with van der Waals surface area (Å²) in [5.41, 5.74) is 6.25. The van der Waals surface area contributed by atoms with Crippen molar-refractivity contribution in [2.75, 3.05) is 11.9 Å². The Bertz CT molecular complexity index is 478. The van der Waals surface area contributed by atoms with E-state index in [-0.39, 0.29) is 16.9 Å². The van der Waals surface area contributed by atoms with Crippen molar-refractivity contribution in [3.05, 3.63) is 29.6 Å². The first-order valence-electron chi connectivity index (χ1n) is 5.19. The molecule has 1 aromatic rings. The Labute approximate surface area is 103 Å². The Balaban J connectivity index is 2.11. The Kier molecular flexibility index (Phi) is 3.23. The van der Waals surface area contributed by atoms with Crippen molar-refractivity contribution in [1.29, 1.82) is 0 Å². The van der Waals surface area contributed by atoms with Crippen LogP contribution >= 0.6 is 12.2 Å². The summed E-state index contributed by atoms with van der Waals surface area (Å²) in [6, 6.07) is 4.44. The third kappa shape index (κ3) is 2.71. The summed E-state index contributed by atoms with van der Waals surface area (Å²) >= 11 is 4.76. The minimum atomic E-state index is -0.422. The maximum atomic E-state index is 13.7. The summed E-state index contributed by atoms with van der Waals surface area (Å²) in [5, 5.41) is 5.64. The number of amides is 1. The maximum absolute atomic E-state index is 13.7. The molecule has 0 radical (unpaired) electrons. The van der Waals surface area contributed by atoms with Crippen molar-refractivity contribution < 1.29 is 9.18 Å². The maximum Gasteiger partial charge on any atom is 0.222 e. The Morgan fingerprint density at radius 2 is 2.35 bits per heavy atom. The molecule has 17 heavy (non-hydrogen) atoms. The van der Waals surface area contributed by atoms with Gasteiger partial charge in [-0.3, -0.25) is 4.79 Å². The van der Waals surface area contributed by atoms with Crippen LogP contribution in [-0.4, -0.2) is 23.5 Å². The first kappa shape index (κ1) is 11.8. The number of thiocarbonyl (C=S) groups is 1. The molecule has 1 heterocycles. The van der Waals surface area contributed by atoms with E-state index in [1.165, 1.54) is 6.07 Å². The van der Waals surface area contributed by atoms with Gasteiger partial charge in [-0.25, -0.2) is 4.39 Å². The van der Waals surface area contributed by atoms with Gasteiger partial charge in [0.1, 0.15) is 10.8 Å². The lowest BCUT2D eigenvalue weighted by Crippen LogP contribution is -2.23. The van der Waals surface area contributed by atoms with Crippen LogP contribution in [-0.2, 0) is 4.79 Å². The van der Waals surface area contributed by atoms with Gasteiger partial charge in [-0.2, -0.15) is 0 Å². The van der Waals surface area contributed by atoms with E-state index in [1.54, 1.807) is 12.1 Å². The average Bonchev–Trinajstić information content (AvgIpc) is 2.67. The predicted octanol–water partition coefficient (Wildman–Crippen LogP) is 0.760. The highest BCUT2D eigenvalue weighted by Crippen LogP contribution is 2.18. The van der Waals surface area contributed by atoms with Crippen LogP contribution < -0.4 is 16.4 Å². The van der Waals surface area contributed by atoms with E-state index < -0.39 is 5.82 Å². The lowest BCUT2D eigenvalue weighted by Gasteiger charge is -2.13. The first-order valence-corrected chi connectivity index (χ1v) is 5.59. The second kappa shape index (κ2) is 4.67. The third-order valence-electron chi connectivity index (χ3n) is 2.59. The van der Waals surface area contributed by atoms with Gasteiger partial charge >= 0.3 is 0 Å². The zero-order valence-electron chi connectivity index (χ0n) is 9.00. The quantitative estimate of drug-likeness (QED) is 0.696. The van der Waals surface area contributed by atoms with E-state index in [0.29, 0.717) is 24.2 Å². The van der Waals surface area contributed by atoms with Crippen LogP contribution in [0.15, 0.2) is 18.2 Å². The lowest BCUT2D eigenvalue weighted by atomic mass is 10.1. The van der Waals surface area contributed by atoms with E-state index in [9.17, 15) is 9.18 Å². The molecule has 1 aromatic carbocycles. The second-order valence-corrected chi connectivity index (χ2v) is 4.35. The van der Waals surface area contributed by atoms with Crippen LogP contribution in [0.25, 0.3) is 0 Å². The van der Waals surface area contributed by atoms with Gasteiger partial charge in [0.2, 0.25) is 5.91 Å². The van der Waals surface area contributed by atoms with E-state index in [4.69, 9.17) is 18.0 Å². The SMILES string of the molecule is NC(=S)c1ccc(NC2CNC(=O)C2)c(F)c1. The molecule has 1 saturated heterocycles. The zero-order chi connectivity index (χ0) is 12.4. The molecular formula is C11H12FN3OS. The van der Waals surface area contributed by atoms with Crippen molar-refractivity contribution in [2.45, 2.75) is 12.5 Å². The van der Waals surface area contributed by atoms with Crippen LogP contribution in [0.4, 0.5) is 10.1 Å². The number of carbonyl (C=O) groups is 1. The minimum absolute atomic E-state index is 0.0253. The normalized spacial score (nSPS) is 18.9. The Morgan fingerprint density at radius 3 is 2.88 bits per heavy atom. The van der Waals surface area contributed by atoms with E-state index in [1.807, 2.05) is 0 Å². The number of nitrogens with one attached hydrogen (secondary N) is 2. The largest absolute Gasteiger partial charge is 0.389 e. The number of nitrogens with two attached hydrogens (primary N) is 1. The lowest BCUT2D eigenvalue weighted by molar-refractivity contribution is -0.119. The van der Waals surface area contributed by atoms with Crippen LogP contribution in [0.3, 0.4) is 0 Å². The molecule has 90 valence electrons. The summed E-state index contributed by atoms with van der Waals surface area (Å²) in [5.74, 6) is -0.447. The predicted molar refractivity (Wildman–Crippen MR) is 67.3 cm³/mol. The molecule has 1 amide bonds. The molecule has 0 aromatic heterocycles. The number of carbonyl (C=O) groups excluding carboxylic acids is 1. The van der Waals surface area contributed by atoms with Gasteiger partial charge in [0.25, 0.3) is 0 Å². The number of hydrogen-bond donors (Lipinski definition) is 3. The van der Waals surface area contributed by atoms with Crippen molar-refractivity contribution in [3.63, 3.8) is 0 Å². The Morgan fingerprint density at radius 1 is 1.59 bits per heavy atom. The van der Waals surface area contributed by atoms with E-state index in [2.05, 4.69) is 10.6 Å². The number of hydrogen-bond acceptors (Lipinski definition) is 3. The topological polar surface area (TPSA) is 67.2 Å². The molecule has 1 fully saturated rings. The molecule has 0 aliphatic carbocycles. The monoisotopic (exact) mass is 253 g/mol. The molecule has 1 aliphatic rings. The van der Waals surface area contributed by atoms with Crippen molar-refractivity contribution in [2.24, 2.45) is 5.73 Å². The first-order chi connectivity index (χ1) is 8.06. The smallest absolute Gasteiger partial charge is 0.222 e. The summed E-state index contributed by atoms with van der Waals surface area (Å²) < 4.78 is 13.7. The van der Waals surface area contributed by atoms with Gasteiger partial charge in [-0.1, -0.05) is 12.2 Å². The highest BCUT2D eigenvalue weighted by molar-refractivity contribution is 7.80. The Hall–Kier alpha value is -1.69. The van der Waals surface area contributed by atoms with Crippen LogP contribution in [0.1, 0.15) is 12.0 Å². The molecule has 4 N–H and O–H groups in total. The molecular weight excluding hydrogens is 241 g/mol. The van der Waals surface area contributed by atoms with Crippen molar-refractivity contribution >= 4 is 28.8 Å². The van der Waals surface area contributed by atoms with Gasteiger partial charge in [-0.05, 0) is 18.2 Å². The fourth-order valence-electron chi connectivity index (χ4n) is 1.71. The van der Waals surface area contributed by atoms with Crippen molar-refractivity contribution in [1.82, 2.24) is 5.32 Å². The fourth-order valence-corrected chi connectivity index (χ4v) is 1.84. The molecule has 4 nitrogen and oxygen atoms in total. The van der Waals surface area contributed by atoms with Gasteiger partial charge in [0.15, 0.2) is 0 Å². The second-order valence-electron chi connectivity index (χ2n) is 3.91. The zero-order valence-corrected chi connectivity index (χ0v) is 9.81. The van der Waals surface area contributed by atoms with Crippen LogP contribution in [0.5, 0.6) is 0 Å². The van der Waals surface area contributed by atoms with Gasteiger partial charge < -0.3 is 16.4 Å². The standard InChI is InChI=1S/C11H12FN3OS/c12-8-3-6(11(13)17)1-2-9(8)15-7-4-10(16)14-5-7/h1-3,7,15H,4-5H2,(H2,13,17)(H,14,16). The summed E-state index contributed by atoms with van der Waals surface area (Å²) in [6.45, 7) is 0.509. The molecule has 2 rings (SSSR count). The summed E-state index contributed by atoms with van der Waals surface area (Å²) in [6.07, 6.45) is 0.358. The molecule has 1 unspecified atom stereocenters. The third-order valence-corrected chi connectivity index (χ3v) is 2.83. The minimum Gasteiger partial charge on any atom is -0.389 e. The molecule has 1 aliphatic heterocycles. The number of halogens is 1. The number of rotatable bonds is 3. The molecule has 6 heteroatoms. The molecule has 1 atom stereocenters. The van der Waals surface area contributed by atoms with E-state index in [0.717, 1.165) is 0 Å². The molecule has 0 saturated carbocycles. The van der Waals surface area contributed by atoms with Crippen molar-refractivity contribution in [3.8, 4) is 0 Å². The van der Waals surface area contributed by atoms with Crippen LogP contribution in [0, 0.1) is 5.82 Å². The number of benzene rings is 1. The van der Waals surface area contributed by atoms with Crippen LogP contribution in [0.2, 0.25) is 0 Å². The average molecular weight is 253 g/mol. The van der Waals surface area contributed by atoms with E-state index >= 15 is 0 Å². The number of anilines is 1. The highest BCUT2D eigenvalue weighted by atomic mass is 32.1. The molecule has 0 bridgehead atoms.